The number of nitrogens with one attached hydrogen (secondary N) is 1. The maximum atomic E-state index is 6.08. The summed E-state index contributed by atoms with van der Waals surface area (Å²) in [6, 6.07) is 12.4. The summed E-state index contributed by atoms with van der Waals surface area (Å²) in [5.41, 5.74) is 4.59. The van der Waals surface area contributed by atoms with Gasteiger partial charge in [0.25, 0.3) is 0 Å². The van der Waals surface area contributed by atoms with Crippen LogP contribution in [-0.4, -0.2) is 14.2 Å². The third kappa shape index (κ3) is 3.76. The Bertz CT molecular complexity index is 608. The van der Waals surface area contributed by atoms with Crippen LogP contribution in [0.2, 0.25) is 0 Å². The van der Waals surface area contributed by atoms with E-state index in [4.69, 9.17) is 9.47 Å². The third-order valence-corrected chi connectivity index (χ3v) is 3.47. The van der Waals surface area contributed by atoms with Gasteiger partial charge in [-0.1, -0.05) is 29.8 Å². The number of benzene rings is 2. The number of hydrogen-bond donors (Lipinski definition) is 1. The highest BCUT2D eigenvalue weighted by molar-refractivity contribution is 5.42. The van der Waals surface area contributed by atoms with E-state index < -0.39 is 0 Å². The Labute approximate surface area is 126 Å². The lowest BCUT2D eigenvalue weighted by Gasteiger charge is -2.16. The van der Waals surface area contributed by atoms with Gasteiger partial charge in [0.05, 0.1) is 7.11 Å². The second-order valence-corrected chi connectivity index (χ2v) is 5.20. The molecule has 0 saturated carbocycles. The molecule has 1 N–H and O–H groups in total. The molecule has 21 heavy (non-hydrogen) atoms. The van der Waals surface area contributed by atoms with E-state index in [1.54, 1.807) is 7.11 Å². The summed E-state index contributed by atoms with van der Waals surface area (Å²) in [5, 5.41) is 3.18. The van der Waals surface area contributed by atoms with Gasteiger partial charge in [0.1, 0.15) is 18.1 Å². The number of ether oxygens (including phenoxy) is 2. The minimum Gasteiger partial charge on any atom is -0.496 e. The second kappa shape index (κ2) is 7.14. The Balaban J connectivity index is 2.22. The van der Waals surface area contributed by atoms with Gasteiger partial charge in [0.15, 0.2) is 0 Å². The van der Waals surface area contributed by atoms with Crippen molar-refractivity contribution >= 4 is 0 Å². The first-order valence-electron chi connectivity index (χ1n) is 7.15. The van der Waals surface area contributed by atoms with Gasteiger partial charge in [-0.15, -0.1) is 0 Å². The first-order chi connectivity index (χ1) is 10.2. The van der Waals surface area contributed by atoms with Crippen LogP contribution in [0.25, 0.3) is 0 Å². The molecule has 0 fully saturated rings. The molecule has 2 aromatic rings. The predicted octanol–water partition coefficient (Wildman–Crippen LogP) is 3.61. The van der Waals surface area contributed by atoms with Gasteiger partial charge >= 0.3 is 0 Å². The maximum Gasteiger partial charge on any atom is 0.127 e. The number of rotatable bonds is 6. The van der Waals surface area contributed by atoms with Crippen LogP contribution in [0, 0.1) is 13.8 Å². The van der Waals surface area contributed by atoms with Crippen LogP contribution < -0.4 is 14.8 Å². The predicted molar refractivity (Wildman–Crippen MR) is 86.0 cm³/mol. The molecule has 112 valence electrons. The molecule has 3 heteroatoms. The highest BCUT2D eigenvalue weighted by Gasteiger charge is 2.09. The molecule has 0 bridgehead atoms. The number of methoxy groups -OCH3 is 1. The summed E-state index contributed by atoms with van der Waals surface area (Å²) in [4.78, 5) is 0. The van der Waals surface area contributed by atoms with E-state index in [1.807, 2.05) is 19.2 Å². The summed E-state index contributed by atoms with van der Waals surface area (Å²) in [5.74, 6) is 1.82. The van der Waals surface area contributed by atoms with Crippen LogP contribution in [-0.2, 0) is 13.2 Å². The van der Waals surface area contributed by atoms with Crippen molar-refractivity contribution in [1.29, 1.82) is 0 Å². The van der Waals surface area contributed by atoms with Crippen molar-refractivity contribution in [2.75, 3.05) is 14.2 Å². The Kier molecular flexibility index (Phi) is 5.23. The normalized spacial score (nSPS) is 10.5. The van der Waals surface area contributed by atoms with Crippen LogP contribution in [0.4, 0.5) is 0 Å². The van der Waals surface area contributed by atoms with Gasteiger partial charge < -0.3 is 14.8 Å². The summed E-state index contributed by atoms with van der Waals surface area (Å²) >= 11 is 0. The summed E-state index contributed by atoms with van der Waals surface area (Å²) in [7, 11) is 3.63. The van der Waals surface area contributed by atoms with E-state index >= 15 is 0 Å². The number of para-hydroxylation sites is 1. The van der Waals surface area contributed by atoms with Crippen LogP contribution in [0.3, 0.4) is 0 Å². The van der Waals surface area contributed by atoms with E-state index in [9.17, 15) is 0 Å². The molecule has 0 aromatic heterocycles. The smallest absolute Gasteiger partial charge is 0.127 e. The fourth-order valence-corrected chi connectivity index (χ4v) is 2.42. The average molecular weight is 285 g/mol. The van der Waals surface area contributed by atoms with Crippen LogP contribution in [0.15, 0.2) is 36.4 Å². The molecule has 0 aliphatic rings. The molecule has 0 radical (unpaired) electrons. The lowest BCUT2D eigenvalue weighted by Crippen LogP contribution is -2.09. The summed E-state index contributed by atoms with van der Waals surface area (Å²) < 4.78 is 11.5. The minimum absolute atomic E-state index is 0.506. The molecule has 2 rings (SSSR count). The molecule has 0 heterocycles. The molecule has 0 spiro atoms. The van der Waals surface area contributed by atoms with Crippen LogP contribution >= 0.6 is 0 Å². The van der Waals surface area contributed by atoms with Crippen LogP contribution in [0.5, 0.6) is 11.5 Å². The number of hydrogen-bond acceptors (Lipinski definition) is 3. The van der Waals surface area contributed by atoms with Crippen molar-refractivity contribution < 1.29 is 9.47 Å². The molecular formula is C18H23NO2. The molecule has 0 atom stereocenters. The zero-order valence-corrected chi connectivity index (χ0v) is 13.2. The second-order valence-electron chi connectivity index (χ2n) is 5.20. The van der Waals surface area contributed by atoms with E-state index in [0.717, 1.165) is 29.2 Å². The lowest BCUT2D eigenvalue weighted by atomic mass is 10.1. The fourth-order valence-electron chi connectivity index (χ4n) is 2.42. The van der Waals surface area contributed by atoms with Gasteiger partial charge in [-0.3, -0.25) is 0 Å². The first kappa shape index (κ1) is 15.4. The molecule has 0 saturated heterocycles. The van der Waals surface area contributed by atoms with Crippen molar-refractivity contribution in [3.8, 4) is 11.5 Å². The molecule has 2 aromatic carbocycles. The van der Waals surface area contributed by atoms with Crippen molar-refractivity contribution in [2.45, 2.75) is 27.0 Å². The molecule has 0 aliphatic heterocycles. The van der Waals surface area contributed by atoms with Gasteiger partial charge in [-0.2, -0.15) is 0 Å². The highest BCUT2D eigenvalue weighted by atomic mass is 16.5. The molecule has 0 amide bonds. The first-order valence-corrected chi connectivity index (χ1v) is 7.15. The Hall–Kier alpha value is -2.00. The molecule has 0 aliphatic carbocycles. The summed E-state index contributed by atoms with van der Waals surface area (Å²) in [6.07, 6.45) is 0. The fraction of sp³-hybridized carbons (Fsp3) is 0.333. The molecular weight excluding hydrogens is 262 g/mol. The van der Waals surface area contributed by atoms with Crippen LogP contribution in [0.1, 0.15) is 22.3 Å². The zero-order valence-electron chi connectivity index (χ0n) is 13.2. The van der Waals surface area contributed by atoms with Gasteiger partial charge in [0.2, 0.25) is 0 Å². The summed E-state index contributed by atoms with van der Waals surface area (Å²) in [6.45, 7) is 5.44. The van der Waals surface area contributed by atoms with E-state index in [0.29, 0.717) is 6.61 Å². The van der Waals surface area contributed by atoms with Crippen molar-refractivity contribution in [2.24, 2.45) is 0 Å². The Morgan fingerprint density at radius 1 is 1.05 bits per heavy atom. The standard InChI is InChI=1S/C18H23NO2/c1-13-8-9-17(20-4)16(10-13)12-21-18-14(2)6-5-7-15(18)11-19-3/h5-10,19H,11-12H2,1-4H3. The largest absolute Gasteiger partial charge is 0.496 e. The van der Waals surface area contributed by atoms with Gasteiger partial charge in [-0.05, 0) is 38.6 Å². The van der Waals surface area contributed by atoms with Gasteiger partial charge in [0, 0.05) is 17.7 Å². The van der Waals surface area contributed by atoms with Crippen molar-refractivity contribution in [3.05, 3.63) is 58.7 Å². The Morgan fingerprint density at radius 2 is 1.86 bits per heavy atom. The topological polar surface area (TPSA) is 30.5 Å². The minimum atomic E-state index is 0.506. The number of aryl methyl sites for hydroxylation is 2. The quantitative estimate of drug-likeness (QED) is 0.879. The van der Waals surface area contributed by atoms with E-state index in [-0.39, 0.29) is 0 Å². The molecule has 3 nitrogen and oxygen atoms in total. The Morgan fingerprint density at radius 3 is 2.57 bits per heavy atom. The van der Waals surface area contributed by atoms with E-state index in [2.05, 4.69) is 43.4 Å². The third-order valence-electron chi connectivity index (χ3n) is 3.47. The highest BCUT2D eigenvalue weighted by Crippen LogP contribution is 2.27. The zero-order chi connectivity index (χ0) is 15.2. The molecule has 0 unspecified atom stereocenters. The monoisotopic (exact) mass is 285 g/mol. The van der Waals surface area contributed by atoms with Gasteiger partial charge in [-0.25, -0.2) is 0 Å². The van der Waals surface area contributed by atoms with E-state index in [1.165, 1.54) is 11.1 Å². The van der Waals surface area contributed by atoms with Crippen molar-refractivity contribution in [3.63, 3.8) is 0 Å². The lowest BCUT2D eigenvalue weighted by molar-refractivity contribution is 0.291. The van der Waals surface area contributed by atoms with Crippen molar-refractivity contribution in [1.82, 2.24) is 5.32 Å². The SMILES string of the molecule is CNCc1cccc(C)c1OCc1cc(C)ccc1OC. The average Bonchev–Trinajstić information content (AvgIpc) is 2.47. The maximum absolute atomic E-state index is 6.08.